The number of allylic oxidation sites excluding steroid dienone is 1. The van der Waals surface area contributed by atoms with Gasteiger partial charge in [0.15, 0.2) is 0 Å². The van der Waals surface area contributed by atoms with E-state index in [-0.39, 0.29) is 6.10 Å². The third-order valence-electron chi connectivity index (χ3n) is 2.71. The fraction of sp³-hybridized carbons (Fsp3) is 0.455. The highest BCUT2D eigenvalue weighted by Gasteiger charge is 2.20. The number of hydrogen-bond donors (Lipinski definition) is 1. The fourth-order valence-corrected chi connectivity index (χ4v) is 2.34. The molecule has 14 heavy (non-hydrogen) atoms. The predicted octanol–water partition coefficient (Wildman–Crippen LogP) is 2.77. The summed E-state index contributed by atoms with van der Waals surface area (Å²) in [6.45, 7) is 4.62. The van der Waals surface area contributed by atoms with Gasteiger partial charge in [0.25, 0.3) is 0 Å². The minimum Gasteiger partial charge on any atom is -0.388 e. The van der Waals surface area contributed by atoms with Crippen LogP contribution in [0.25, 0.3) is 0 Å². The Kier molecular flexibility index (Phi) is 2.79. The molecule has 0 spiro atoms. The second-order valence-electron chi connectivity index (χ2n) is 3.77. The largest absolute Gasteiger partial charge is 0.388 e. The summed E-state index contributed by atoms with van der Waals surface area (Å²) in [6.07, 6.45) is 4.81. The number of nitrogens with zero attached hydrogens (tertiary/aromatic N) is 1. The zero-order valence-electron chi connectivity index (χ0n) is 8.04. The van der Waals surface area contributed by atoms with Crippen molar-refractivity contribution in [2.24, 2.45) is 0 Å². The van der Waals surface area contributed by atoms with Gasteiger partial charge in [-0.05, 0) is 25.3 Å². The maximum atomic E-state index is 9.76. The Balaban J connectivity index is 2.31. The smallest absolute Gasteiger partial charge is 0.0807 e. The number of hydrogen-bond acceptors (Lipinski definition) is 1. The summed E-state index contributed by atoms with van der Waals surface area (Å²) in [5.41, 5.74) is 2.37. The monoisotopic (exact) mass is 255 g/mol. The molecule has 0 amide bonds. The average molecular weight is 256 g/mol. The van der Waals surface area contributed by atoms with Crippen LogP contribution in [0.3, 0.4) is 0 Å². The summed E-state index contributed by atoms with van der Waals surface area (Å²) in [7, 11) is 0. The molecule has 0 aliphatic heterocycles. The van der Waals surface area contributed by atoms with E-state index in [1.165, 1.54) is 5.69 Å². The molecule has 0 saturated heterocycles. The van der Waals surface area contributed by atoms with Crippen LogP contribution in [0.1, 0.15) is 30.2 Å². The summed E-state index contributed by atoms with van der Waals surface area (Å²) in [4.78, 5) is 0. The average Bonchev–Trinajstić information content (AvgIpc) is 2.49. The summed E-state index contributed by atoms with van der Waals surface area (Å²) in [5.74, 6) is 0. The SMILES string of the molecule is C=C(Br)Cn1ccc2c1CCCC2O. The van der Waals surface area contributed by atoms with Crippen molar-refractivity contribution >= 4 is 15.9 Å². The molecule has 0 radical (unpaired) electrons. The van der Waals surface area contributed by atoms with Crippen molar-refractivity contribution in [2.45, 2.75) is 31.9 Å². The molecule has 1 aromatic heterocycles. The zero-order chi connectivity index (χ0) is 10.1. The quantitative estimate of drug-likeness (QED) is 0.864. The molecule has 0 saturated carbocycles. The summed E-state index contributed by atoms with van der Waals surface area (Å²) in [5, 5.41) is 9.76. The molecule has 1 aliphatic carbocycles. The van der Waals surface area contributed by atoms with Gasteiger partial charge in [0.05, 0.1) is 12.6 Å². The lowest BCUT2D eigenvalue weighted by Gasteiger charge is -2.19. The van der Waals surface area contributed by atoms with E-state index in [0.29, 0.717) is 0 Å². The van der Waals surface area contributed by atoms with Gasteiger partial charge in [0.2, 0.25) is 0 Å². The third kappa shape index (κ3) is 1.79. The van der Waals surface area contributed by atoms with E-state index in [0.717, 1.165) is 35.9 Å². The van der Waals surface area contributed by atoms with E-state index in [2.05, 4.69) is 27.1 Å². The minimum absolute atomic E-state index is 0.261. The van der Waals surface area contributed by atoms with Crippen molar-refractivity contribution in [2.75, 3.05) is 0 Å². The Morgan fingerprint density at radius 2 is 2.50 bits per heavy atom. The first-order valence-corrected chi connectivity index (χ1v) is 5.67. The van der Waals surface area contributed by atoms with Gasteiger partial charge in [0, 0.05) is 21.9 Å². The number of rotatable bonds is 2. The van der Waals surface area contributed by atoms with Crippen molar-refractivity contribution in [1.82, 2.24) is 4.57 Å². The maximum absolute atomic E-state index is 9.76. The van der Waals surface area contributed by atoms with Gasteiger partial charge >= 0.3 is 0 Å². The van der Waals surface area contributed by atoms with Crippen LogP contribution in [0, 0.1) is 0 Å². The first kappa shape index (κ1) is 9.99. The zero-order valence-corrected chi connectivity index (χ0v) is 9.63. The summed E-state index contributed by atoms with van der Waals surface area (Å²) in [6, 6.07) is 2.02. The fourth-order valence-electron chi connectivity index (χ4n) is 2.06. The highest BCUT2D eigenvalue weighted by Crippen LogP contribution is 2.30. The Labute approximate surface area is 92.4 Å². The molecule has 1 aromatic rings. The minimum atomic E-state index is -0.261. The Morgan fingerprint density at radius 1 is 1.71 bits per heavy atom. The second-order valence-corrected chi connectivity index (χ2v) is 4.89. The van der Waals surface area contributed by atoms with E-state index < -0.39 is 0 Å². The van der Waals surface area contributed by atoms with Crippen LogP contribution in [0.15, 0.2) is 23.3 Å². The number of fused-ring (bicyclic) bond motifs is 1. The van der Waals surface area contributed by atoms with Gasteiger partial charge in [-0.1, -0.05) is 22.5 Å². The van der Waals surface area contributed by atoms with Gasteiger partial charge in [-0.2, -0.15) is 0 Å². The molecule has 76 valence electrons. The topological polar surface area (TPSA) is 25.2 Å². The van der Waals surface area contributed by atoms with E-state index >= 15 is 0 Å². The molecule has 1 heterocycles. The molecule has 2 rings (SSSR count). The number of aliphatic hydroxyl groups is 1. The Bertz CT molecular complexity index is 356. The normalized spacial score (nSPS) is 20.6. The molecule has 1 atom stereocenters. The van der Waals surface area contributed by atoms with Crippen LogP contribution in [-0.2, 0) is 13.0 Å². The number of halogens is 1. The van der Waals surface area contributed by atoms with Gasteiger partial charge in [-0.15, -0.1) is 0 Å². The number of aliphatic hydroxyl groups excluding tert-OH is 1. The first-order chi connectivity index (χ1) is 6.68. The highest BCUT2D eigenvalue weighted by atomic mass is 79.9. The molecule has 0 bridgehead atoms. The van der Waals surface area contributed by atoms with Crippen LogP contribution in [0.4, 0.5) is 0 Å². The molecular weight excluding hydrogens is 242 g/mol. The maximum Gasteiger partial charge on any atom is 0.0807 e. The van der Waals surface area contributed by atoms with Crippen molar-refractivity contribution in [3.63, 3.8) is 0 Å². The van der Waals surface area contributed by atoms with E-state index in [1.807, 2.05) is 12.3 Å². The molecule has 2 nitrogen and oxygen atoms in total. The van der Waals surface area contributed by atoms with Gasteiger partial charge in [-0.3, -0.25) is 0 Å². The highest BCUT2D eigenvalue weighted by molar-refractivity contribution is 9.11. The van der Waals surface area contributed by atoms with Gasteiger partial charge in [-0.25, -0.2) is 0 Å². The summed E-state index contributed by atoms with van der Waals surface area (Å²) >= 11 is 3.36. The molecule has 1 aliphatic rings. The lowest BCUT2D eigenvalue weighted by Crippen LogP contribution is -2.11. The van der Waals surface area contributed by atoms with Crippen LogP contribution in [-0.4, -0.2) is 9.67 Å². The van der Waals surface area contributed by atoms with Crippen molar-refractivity contribution in [3.05, 3.63) is 34.6 Å². The van der Waals surface area contributed by atoms with Crippen molar-refractivity contribution in [1.29, 1.82) is 0 Å². The number of aromatic nitrogens is 1. The molecule has 1 N–H and O–H groups in total. The lowest BCUT2D eigenvalue weighted by molar-refractivity contribution is 0.156. The van der Waals surface area contributed by atoms with E-state index in [1.54, 1.807) is 0 Å². The van der Waals surface area contributed by atoms with Crippen LogP contribution >= 0.6 is 15.9 Å². The molecule has 0 fully saturated rings. The predicted molar refractivity (Wildman–Crippen MR) is 60.4 cm³/mol. The van der Waals surface area contributed by atoms with Crippen LogP contribution < -0.4 is 0 Å². The molecule has 3 heteroatoms. The molecule has 1 unspecified atom stereocenters. The van der Waals surface area contributed by atoms with Crippen LogP contribution in [0.2, 0.25) is 0 Å². The second kappa shape index (κ2) is 3.91. The molecular formula is C11H14BrNO. The summed E-state index contributed by atoms with van der Waals surface area (Å²) < 4.78 is 3.13. The van der Waals surface area contributed by atoms with Gasteiger partial charge < -0.3 is 9.67 Å². The van der Waals surface area contributed by atoms with Gasteiger partial charge in [0.1, 0.15) is 0 Å². The Hall–Kier alpha value is -0.540. The van der Waals surface area contributed by atoms with E-state index in [9.17, 15) is 5.11 Å². The third-order valence-corrected chi connectivity index (χ3v) is 2.96. The van der Waals surface area contributed by atoms with Crippen molar-refractivity contribution in [3.8, 4) is 0 Å². The Morgan fingerprint density at radius 3 is 3.21 bits per heavy atom. The first-order valence-electron chi connectivity index (χ1n) is 4.87. The van der Waals surface area contributed by atoms with Crippen molar-refractivity contribution < 1.29 is 5.11 Å². The van der Waals surface area contributed by atoms with Crippen LogP contribution in [0.5, 0.6) is 0 Å². The van der Waals surface area contributed by atoms with E-state index in [4.69, 9.17) is 0 Å². The standard InChI is InChI=1S/C11H14BrNO/c1-8(12)7-13-6-5-9-10(13)3-2-4-11(9)14/h5-6,11,14H,1-4,7H2. The lowest BCUT2D eigenvalue weighted by atomic mass is 9.95. The molecule has 0 aromatic carbocycles.